The zero-order valence-electron chi connectivity index (χ0n) is 10.8. The standard InChI is InChI=1S/C14H19FN2O2/c15-11-4-3-5-12(8-11)16-14(19)9-17-7-2-1-6-13(17)10-18/h3-5,8,13,18H,1-2,6-7,9-10H2,(H,16,19). The summed E-state index contributed by atoms with van der Waals surface area (Å²) in [5, 5.41) is 11.9. The van der Waals surface area contributed by atoms with Gasteiger partial charge in [0.2, 0.25) is 5.91 Å². The molecule has 0 bridgehead atoms. The maximum absolute atomic E-state index is 13.0. The van der Waals surface area contributed by atoms with Crippen molar-refractivity contribution in [2.24, 2.45) is 0 Å². The van der Waals surface area contributed by atoms with Crippen molar-refractivity contribution >= 4 is 11.6 Å². The van der Waals surface area contributed by atoms with E-state index >= 15 is 0 Å². The minimum Gasteiger partial charge on any atom is -0.395 e. The number of hydrogen-bond donors (Lipinski definition) is 2. The minimum atomic E-state index is -0.371. The second kappa shape index (κ2) is 6.63. The number of piperidine rings is 1. The van der Waals surface area contributed by atoms with Crippen molar-refractivity contribution in [2.75, 3.05) is 25.0 Å². The molecule has 0 radical (unpaired) electrons. The van der Waals surface area contributed by atoms with Crippen LogP contribution < -0.4 is 5.32 Å². The molecule has 1 aromatic carbocycles. The average Bonchev–Trinajstić information content (AvgIpc) is 2.39. The lowest BCUT2D eigenvalue weighted by Gasteiger charge is -2.33. The molecule has 104 valence electrons. The Bertz CT molecular complexity index is 439. The first kappa shape index (κ1) is 14.0. The predicted octanol–water partition coefficient (Wildman–Crippen LogP) is 1.61. The fourth-order valence-corrected chi connectivity index (χ4v) is 2.43. The largest absolute Gasteiger partial charge is 0.395 e. The molecule has 1 saturated heterocycles. The second-order valence-electron chi connectivity index (χ2n) is 4.86. The first-order valence-corrected chi connectivity index (χ1v) is 6.59. The summed E-state index contributed by atoms with van der Waals surface area (Å²) in [6, 6.07) is 5.90. The second-order valence-corrected chi connectivity index (χ2v) is 4.86. The smallest absolute Gasteiger partial charge is 0.238 e. The molecule has 1 atom stereocenters. The highest BCUT2D eigenvalue weighted by molar-refractivity contribution is 5.92. The van der Waals surface area contributed by atoms with E-state index in [0.717, 1.165) is 25.8 Å². The molecular weight excluding hydrogens is 247 g/mol. The summed E-state index contributed by atoms with van der Waals surface area (Å²) in [6.45, 7) is 1.14. The highest BCUT2D eigenvalue weighted by Crippen LogP contribution is 2.16. The minimum absolute atomic E-state index is 0.0620. The summed E-state index contributed by atoms with van der Waals surface area (Å²) in [5.41, 5.74) is 0.461. The molecular formula is C14H19FN2O2. The van der Waals surface area contributed by atoms with Gasteiger partial charge in [-0.3, -0.25) is 9.69 Å². The van der Waals surface area contributed by atoms with Crippen LogP contribution >= 0.6 is 0 Å². The van der Waals surface area contributed by atoms with Gasteiger partial charge in [0.1, 0.15) is 5.82 Å². The summed E-state index contributed by atoms with van der Waals surface area (Å²) < 4.78 is 13.0. The Morgan fingerprint density at radius 3 is 3.05 bits per heavy atom. The van der Waals surface area contributed by atoms with E-state index in [1.54, 1.807) is 12.1 Å². The molecule has 1 aromatic rings. The summed E-state index contributed by atoms with van der Waals surface area (Å²) in [5.74, 6) is -0.546. The van der Waals surface area contributed by atoms with Gasteiger partial charge in [-0.15, -0.1) is 0 Å². The van der Waals surface area contributed by atoms with Crippen molar-refractivity contribution in [3.63, 3.8) is 0 Å². The number of carbonyl (C=O) groups excluding carboxylic acids is 1. The van der Waals surface area contributed by atoms with Crippen molar-refractivity contribution in [3.8, 4) is 0 Å². The Hall–Kier alpha value is -1.46. The van der Waals surface area contributed by atoms with Crippen molar-refractivity contribution in [3.05, 3.63) is 30.1 Å². The molecule has 5 heteroatoms. The van der Waals surface area contributed by atoms with Crippen LogP contribution in [0.15, 0.2) is 24.3 Å². The number of carbonyl (C=O) groups is 1. The van der Waals surface area contributed by atoms with Gasteiger partial charge in [0, 0.05) is 11.7 Å². The predicted molar refractivity (Wildman–Crippen MR) is 71.3 cm³/mol. The van der Waals surface area contributed by atoms with Crippen LogP contribution in [0.25, 0.3) is 0 Å². The van der Waals surface area contributed by atoms with Gasteiger partial charge < -0.3 is 10.4 Å². The van der Waals surface area contributed by atoms with Crippen LogP contribution in [0, 0.1) is 5.82 Å². The molecule has 19 heavy (non-hydrogen) atoms. The van der Waals surface area contributed by atoms with E-state index in [1.165, 1.54) is 12.1 Å². The van der Waals surface area contributed by atoms with Gasteiger partial charge >= 0.3 is 0 Å². The van der Waals surface area contributed by atoms with Gasteiger partial charge in [0.25, 0.3) is 0 Å². The Morgan fingerprint density at radius 1 is 1.47 bits per heavy atom. The first-order chi connectivity index (χ1) is 9.19. The van der Waals surface area contributed by atoms with Crippen molar-refractivity contribution in [1.82, 2.24) is 4.90 Å². The van der Waals surface area contributed by atoms with E-state index in [1.807, 2.05) is 4.90 Å². The van der Waals surface area contributed by atoms with Crippen molar-refractivity contribution in [2.45, 2.75) is 25.3 Å². The van der Waals surface area contributed by atoms with Gasteiger partial charge in [-0.1, -0.05) is 12.5 Å². The summed E-state index contributed by atoms with van der Waals surface area (Å²) in [4.78, 5) is 13.9. The Labute approximate surface area is 112 Å². The monoisotopic (exact) mass is 266 g/mol. The Morgan fingerprint density at radius 2 is 2.32 bits per heavy atom. The third-order valence-electron chi connectivity index (χ3n) is 3.41. The number of benzene rings is 1. The molecule has 2 rings (SSSR count). The van der Waals surface area contributed by atoms with Gasteiger partial charge in [-0.25, -0.2) is 4.39 Å². The number of likely N-dealkylation sites (tertiary alicyclic amines) is 1. The van der Waals surface area contributed by atoms with Gasteiger partial charge in [-0.05, 0) is 37.6 Å². The number of anilines is 1. The highest BCUT2D eigenvalue weighted by atomic mass is 19.1. The van der Waals surface area contributed by atoms with Crippen LogP contribution in [0.5, 0.6) is 0 Å². The molecule has 1 aliphatic heterocycles. The highest BCUT2D eigenvalue weighted by Gasteiger charge is 2.23. The summed E-state index contributed by atoms with van der Waals surface area (Å²) in [7, 11) is 0. The van der Waals surface area contributed by atoms with Crippen LogP contribution in [0.2, 0.25) is 0 Å². The third kappa shape index (κ3) is 4.01. The first-order valence-electron chi connectivity index (χ1n) is 6.59. The third-order valence-corrected chi connectivity index (χ3v) is 3.41. The molecule has 1 heterocycles. The summed E-state index contributed by atoms with van der Waals surface area (Å²) in [6.07, 6.45) is 3.06. The van der Waals surface area contributed by atoms with Gasteiger partial charge in [0.05, 0.1) is 13.2 Å². The van der Waals surface area contributed by atoms with E-state index in [4.69, 9.17) is 0 Å². The zero-order chi connectivity index (χ0) is 13.7. The van der Waals surface area contributed by atoms with Crippen LogP contribution in [0.3, 0.4) is 0 Å². The average molecular weight is 266 g/mol. The van der Waals surface area contributed by atoms with Gasteiger partial charge in [0.15, 0.2) is 0 Å². The van der Waals surface area contributed by atoms with Crippen molar-refractivity contribution < 1.29 is 14.3 Å². The topological polar surface area (TPSA) is 52.6 Å². The SMILES string of the molecule is O=C(CN1CCCCC1CO)Nc1cccc(F)c1. The van der Waals surface area contributed by atoms with E-state index in [0.29, 0.717) is 5.69 Å². The molecule has 1 amide bonds. The lowest BCUT2D eigenvalue weighted by Crippen LogP contribution is -2.45. The van der Waals surface area contributed by atoms with E-state index in [-0.39, 0.29) is 30.9 Å². The quantitative estimate of drug-likeness (QED) is 0.870. The Kier molecular flexibility index (Phi) is 4.87. The number of nitrogens with one attached hydrogen (secondary N) is 1. The molecule has 4 nitrogen and oxygen atoms in total. The maximum atomic E-state index is 13.0. The van der Waals surface area contributed by atoms with E-state index in [2.05, 4.69) is 5.32 Å². The fourth-order valence-electron chi connectivity index (χ4n) is 2.43. The normalized spacial score (nSPS) is 20.2. The molecule has 2 N–H and O–H groups in total. The van der Waals surface area contributed by atoms with Crippen molar-refractivity contribution in [1.29, 1.82) is 0 Å². The number of rotatable bonds is 4. The number of amides is 1. The lowest BCUT2D eigenvalue weighted by molar-refractivity contribution is -0.118. The number of hydrogen-bond acceptors (Lipinski definition) is 3. The number of aliphatic hydroxyl groups excluding tert-OH is 1. The molecule has 1 aliphatic rings. The maximum Gasteiger partial charge on any atom is 0.238 e. The van der Waals surface area contributed by atoms with Crippen LogP contribution in [0.4, 0.5) is 10.1 Å². The summed E-state index contributed by atoms with van der Waals surface area (Å²) >= 11 is 0. The molecule has 1 fully saturated rings. The Balaban J connectivity index is 1.90. The van der Waals surface area contributed by atoms with Crippen LogP contribution in [-0.2, 0) is 4.79 Å². The molecule has 0 aliphatic carbocycles. The molecule has 1 unspecified atom stereocenters. The molecule has 0 saturated carbocycles. The number of nitrogens with zero attached hydrogens (tertiary/aromatic N) is 1. The number of aliphatic hydroxyl groups is 1. The van der Waals surface area contributed by atoms with Crippen LogP contribution in [-0.4, -0.2) is 41.7 Å². The van der Waals surface area contributed by atoms with Crippen LogP contribution in [0.1, 0.15) is 19.3 Å². The fraction of sp³-hybridized carbons (Fsp3) is 0.500. The number of halogens is 1. The zero-order valence-corrected chi connectivity index (χ0v) is 10.8. The molecule has 0 aromatic heterocycles. The lowest BCUT2D eigenvalue weighted by atomic mass is 10.0. The van der Waals surface area contributed by atoms with Gasteiger partial charge in [-0.2, -0.15) is 0 Å². The molecule has 0 spiro atoms. The van der Waals surface area contributed by atoms with E-state index < -0.39 is 0 Å². The van der Waals surface area contributed by atoms with E-state index in [9.17, 15) is 14.3 Å².